The van der Waals surface area contributed by atoms with Crippen LogP contribution in [0.3, 0.4) is 0 Å². The van der Waals surface area contributed by atoms with Crippen molar-refractivity contribution < 1.29 is 135 Å². The molecule has 0 fully saturated rings. The quantitative estimate of drug-likeness (QED) is 0.0223. The molecule has 0 aliphatic carbocycles. The number of rotatable bonds is 50. The van der Waals surface area contributed by atoms with Gasteiger partial charge in [-0.25, -0.2) is 0 Å². The summed E-state index contributed by atoms with van der Waals surface area (Å²) in [7, 11) is -1.32. The first-order chi connectivity index (χ1) is 73.6. The summed E-state index contributed by atoms with van der Waals surface area (Å²) in [6.07, 6.45) is 9.83. The zero-order valence-electron chi connectivity index (χ0n) is 105. The van der Waals surface area contributed by atoms with E-state index < -0.39 is 58.7 Å². The molecule has 129 heavy (non-hydrogen) atoms. The average Bonchev–Trinajstić information content (AvgIpc) is 0.810. The van der Waals surface area contributed by atoms with E-state index in [1.807, 2.05) is 42.5 Å². The zero-order valence-corrected chi connectivity index (χ0v) is 77.1. The molecular formula is C109H148O20. The third-order valence-electron chi connectivity index (χ3n) is 20.8. The summed E-state index contributed by atoms with van der Waals surface area (Å²) in [4.78, 5) is 0. The van der Waals surface area contributed by atoms with Gasteiger partial charge < -0.3 is 96.6 Å². The highest BCUT2D eigenvalue weighted by Gasteiger charge is 2.16. The molecule has 704 valence electrons. The van der Waals surface area contributed by atoms with Crippen molar-refractivity contribution in [3.05, 3.63) is 266 Å². The van der Waals surface area contributed by atoms with Gasteiger partial charge in [-0.1, -0.05) is 98.7 Å². The number of hydrogen-bond acceptors (Lipinski definition) is 20. The minimum atomic E-state index is -2.77. The maximum Gasteiger partial charge on any atom is 0.160 e. The van der Waals surface area contributed by atoms with Gasteiger partial charge in [-0.15, -0.1) is 0 Å². The van der Waals surface area contributed by atoms with Crippen molar-refractivity contribution in [3.8, 4) is 86.2 Å². The fourth-order valence-corrected chi connectivity index (χ4v) is 12.6. The lowest BCUT2D eigenvalue weighted by molar-refractivity contribution is 0.0975. The Morgan fingerprint density at radius 3 is 0.674 bits per heavy atom. The van der Waals surface area contributed by atoms with Crippen LogP contribution in [0.2, 0.25) is 0 Å². The molecule has 0 bridgehead atoms. The Morgan fingerprint density at radius 2 is 0.450 bits per heavy atom. The molecule has 0 radical (unpaired) electrons. The summed E-state index contributed by atoms with van der Waals surface area (Å²) in [5, 5.41) is 51.1. The van der Waals surface area contributed by atoms with E-state index in [1.54, 1.807) is 127 Å². The van der Waals surface area contributed by atoms with Crippen molar-refractivity contribution in [3.63, 3.8) is 0 Å². The van der Waals surface area contributed by atoms with Crippen LogP contribution in [0.1, 0.15) is 213 Å². The Kier molecular flexibility index (Phi) is 32.9. The van der Waals surface area contributed by atoms with Crippen LogP contribution < -0.4 is 71.1 Å². The molecule has 0 amide bonds. The molecule has 5 N–H and O–H groups in total. The molecule has 0 saturated carbocycles. The molecule has 20 nitrogen and oxygen atoms in total. The highest BCUT2D eigenvalue weighted by Crippen LogP contribution is 2.34. The third-order valence-corrected chi connectivity index (χ3v) is 20.8. The number of unbranched alkanes of at least 4 members (excludes halogenated alkanes) is 5. The number of hydrogen-bond donors (Lipinski definition) is 5. The van der Waals surface area contributed by atoms with E-state index in [4.69, 9.17) is 109 Å². The van der Waals surface area contributed by atoms with Crippen molar-refractivity contribution >= 4 is 0 Å². The van der Waals surface area contributed by atoms with Crippen LogP contribution in [0, 0.1) is 62.3 Å². The molecule has 20 heteroatoms. The van der Waals surface area contributed by atoms with Crippen LogP contribution in [0.5, 0.6) is 86.2 Å². The van der Waals surface area contributed by atoms with Gasteiger partial charge >= 0.3 is 0 Å². The van der Waals surface area contributed by atoms with Gasteiger partial charge in [0, 0.05) is 0 Å². The maximum atomic E-state index is 10.3. The second kappa shape index (κ2) is 60.0. The molecule has 5 atom stereocenters. The minimum absolute atomic E-state index is 0.000107. The lowest BCUT2D eigenvalue weighted by Gasteiger charge is -2.13. The molecule has 5 unspecified atom stereocenters. The summed E-state index contributed by atoms with van der Waals surface area (Å²) in [6.45, 7) is 15.0. The van der Waals surface area contributed by atoms with Crippen molar-refractivity contribution in [2.45, 2.75) is 221 Å². The molecule has 10 aromatic rings. The Balaban J connectivity index is 0.000000299. The van der Waals surface area contributed by atoms with E-state index in [0.717, 1.165) is 80.0 Å². The van der Waals surface area contributed by atoms with Crippen molar-refractivity contribution in [2.24, 2.45) is 0 Å². The van der Waals surface area contributed by atoms with E-state index in [-0.39, 0.29) is 181 Å². The third kappa shape index (κ3) is 40.3. The lowest BCUT2D eigenvalue weighted by atomic mass is 10.0. The second-order valence-electron chi connectivity index (χ2n) is 30.9. The predicted molar refractivity (Wildman–Crippen MR) is 518 cm³/mol. The molecule has 10 rings (SSSR count). The fourth-order valence-electron chi connectivity index (χ4n) is 12.6. The topological polar surface area (TPSA) is 240 Å². The second-order valence-corrected chi connectivity index (χ2v) is 30.9. The highest BCUT2D eigenvalue weighted by molar-refractivity contribution is 5.47. The number of methoxy groups -OCH3 is 10. The Bertz CT molecular complexity index is 6000. The van der Waals surface area contributed by atoms with Crippen LogP contribution in [0.15, 0.2) is 188 Å². The summed E-state index contributed by atoms with van der Waals surface area (Å²) >= 11 is 0. The predicted octanol–water partition coefficient (Wildman–Crippen LogP) is 22.1. The Labute approximate surface area is 809 Å². The van der Waals surface area contributed by atoms with Crippen LogP contribution in [-0.4, -0.2) is 160 Å². The van der Waals surface area contributed by atoms with E-state index in [2.05, 4.69) is 0 Å². The van der Waals surface area contributed by atoms with E-state index >= 15 is 0 Å². The molecule has 0 spiro atoms. The maximum absolute atomic E-state index is 10.3. The van der Waals surface area contributed by atoms with Gasteiger partial charge in [0.1, 0.15) is 61.8 Å². The summed E-state index contributed by atoms with van der Waals surface area (Å²) in [5.41, 5.74) is 9.85. The number of benzene rings is 10. The highest BCUT2D eigenvalue weighted by atomic mass is 16.5. The molecule has 0 aliphatic rings. The Hall–Kier alpha value is -11.0. The van der Waals surface area contributed by atoms with Crippen LogP contribution in [-0.2, 0) is 32.1 Å². The van der Waals surface area contributed by atoms with Crippen molar-refractivity contribution in [1.29, 1.82) is 0 Å². The number of aliphatic hydroxyl groups is 5. The van der Waals surface area contributed by atoms with E-state index in [9.17, 15) is 25.5 Å². The van der Waals surface area contributed by atoms with Crippen molar-refractivity contribution in [2.75, 3.05) is 104 Å². The van der Waals surface area contributed by atoms with Gasteiger partial charge in [0.15, 0.2) is 57.5 Å². The number of aryl methyl sites for hydroxylation is 5. The van der Waals surface area contributed by atoms with Gasteiger partial charge in [0.25, 0.3) is 0 Å². The normalized spacial score (nSPS) is 15.4. The van der Waals surface area contributed by atoms with Gasteiger partial charge in [-0.2, -0.15) is 0 Å². The summed E-state index contributed by atoms with van der Waals surface area (Å²) in [5.74, 6) is 3.50. The van der Waals surface area contributed by atoms with Crippen molar-refractivity contribution in [1.82, 2.24) is 0 Å². The minimum Gasteiger partial charge on any atom is -0.493 e. The number of ether oxygens (including phenoxy) is 15. The lowest BCUT2D eigenvalue weighted by Crippen LogP contribution is -2.17. The SMILES string of the molecule is [2H]c1c([2H])c(C)c([2H])c(OCC(O)CCCCc2ccc(OC)c(OC)c2)c1[2H].[2H]c1c([2H])c(OCC(O)CCCCc2ccc(OC([2H])([2H])[2H])c(OC([2H])([2H])[2H])c2)c([2H])c(C)c1C.[2H]c1c([2H])c(OCC(O)CCCCc2ccc(OC([2H])([2H])[2H])c(OC)c2)c([2H])c(C)c1C.[2H]c1c([2H])c(OCC(O)CCCCc2ccc(OC)c(OC([2H])([2H])[2H])c2)c([2H])c(C)c1C.[2H]c1c([2H])c(OCC(O)CCCCc2ccc(OC)c(OC)c2)c([2H])c(C)c1C. The first-order valence-electron chi connectivity index (χ1n) is 57.1. The van der Waals surface area contributed by atoms with Gasteiger partial charge in [0.2, 0.25) is 0 Å². The summed E-state index contributed by atoms with van der Waals surface area (Å²) < 4.78 is 293. The van der Waals surface area contributed by atoms with Crippen LogP contribution >= 0.6 is 0 Å². The van der Waals surface area contributed by atoms with Crippen LogP contribution in [0.4, 0.5) is 0 Å². The van der Waals surface area contributed by atoms with Gasteiger partial charge in [-0.3, -0.25) is 0 Å². The van der Waals surface area contributed by atoms with E-state index in [1.165, 1.54) is 26.4 Å². The average molecular weight is 1810 g/mol. The number of aliphatic hydroxyl groups excluding tert-OH is 5. The molecule has 10 aromatic carbocycles. The molecular weight excluding hydrogens is 1630 g/mol. The first kappa shape index (κ1) is 70.8. The van der Waals surface area contributed by atoms with Gasteiger partial charge in [0.05, 0.1) is 140 Å². The smallest absolute Gasteiger partial charge is 0.160 e. The Morgan fingerprint density at radius 1 is 0.240 bits per heavy atom. The monoisotopic (exact) mass is 1810 g/mol. The fraction of sp³-hybridized carbons (Fsp3) is 0.450. The zero-order chi connectivity index (χ0) is 118. The molecule has 0 heterocycles. The van der Waals surface area contributed by atoms with Gasteiger partial charge in [-0.05, 0) is 358 Å². The summed E-state index contributed by atoms with van der Waals surface area (Å²) in [6, 6.07) is 25.5. The van der Waals surface area contributed by atoms with E-state index in [0.29, 0.717) is 161 Å². The first-order valence-corrected chi connectivity index (χ1v) is 43.1. The molecule has 0 saturated heterocycles. The molecule has 0 aliphatic heterocycles. The standard InChI is InChI=1S/4C22H30O4.C21H28O4/c4*1-16-9-11-20(13-17(16)2)26-15-19(23)8-6-5-7-18-10-12-21(24-3)22(14-18)25-4;1-16-7-6-10-19(13-16)25-15-18(22)9-5-4-8-17-11-12-20(23-2)21(14-17)24-3/h4*9-14,19,23H,5-8,15H2,1-4H3;6-7,10-14,18,22H,4-5,8-9,15H2,1-3H3/i3D3,4D3,9D,11D,13D;4D3,9D,11D,13D;3D3,9D,11D,13D;9D,11D,13D;6D,7D,10D,13D. The van der Waals surface area contributed by atoms with Crippen LogP contribution in [0.25, 0.3) is 0 Å². The largest absolute Gasteiger partial charge is 0.493 e. The molecule has 0 aromatic heterocycles.